The summed E-state index contributed by atoms with van der Waals surface area (Å²) in [7, 11) is 0. The molecule has 7 nitrogen and oxygen atoms in total. The van der Waals surface area contributed by atoms with Crippen molar-refractivity contribution in [3.05, 3.63) is 61.2 Å². The molecule has 5 rings (SSSR count). The van der Waals surface area contributed by atoms with E-state index in [-0.39, 0.29) is 16.8 Å². The number of phenolic OH excluding ortho intramolecular Hbond substituents is 1. The number of benzene rings is 1. The number of fused-ring (bicyclic) bond motifs is 2. The fourth-order valence-electron chi connectivity index (χ4n) is 4.89. The van der Waals surface area contributed by atoms with E-state index in [1.165, 1.54) is 0 Å². The maximum absolute atomic E-state index is 10.5. The van der Waals surface area contributed by atoms with E-state index in [0.29, 0.717) is 17.2 Å². The van der Waals surface area contributed by atoms with Crippen LogP contribution in [-0.4, -0.2) is 42.5 Å². The van der Waals surface area contributed by atoms with E-state index >= 15 is 0 Å². The Balaban J connectivity index is 1.25. The van der Waals surface area contributed by atoms with Gasteiger partial charge in [0.05, 0.1) is 17.7 Å². The number of hydrogen-bond acceptors (Lipinski definition) is 6. The van der Waals surface area contributed by atoms with Crippen LogP contribution in [0.1, 0.15) is 26.7 Å². The van der Waals surface area contributed by atoms with Crippen LogP contribution in [0, 0.1) is 5.92 Å². The number of phenols is 1. The summed E-state index contributed by atoms with van der Waals surface area (Å²) in [5.41, 5.74) is 2.32. The summed E-state index contributed by atoms with van der Waals surface area (Å²) in [5, 5.41) is 26.3. The second kappa shape index (κ2) is 6.95. The van der Waals surface area contributed by atoms with Gasteiger partial charge in [-0.2, -0.15) is 0 Å². The predicted octanol–water partition coefficient (Wildman–Crippen LogP) is 3.53. The quantitative estimate of drug-likeness (QED) is 0.566. The molecule has 30 heavy (non-hydrogen) atoms. The molecule has 0 amide bonds. The Morgan fingerprint density at radius 3 is 2.57 bits per heavy atom. The molecule has 0 radical (unpaired) electrons. The first-order valence-corrected chi connectivity index (χ1v) is 10.3. The first-order valence-electron chi connectivity index (χ1n) is 10.3. The molecule has 0 aliphatic carbocycles. The van der Waals surface area contributed by atoms with Crippen LogP contribution in [0.5, 0.6) is 5.75 Å². The summed E-state index contributed by atoms with van der Waals surface area (Å²) in [4.78, 5) is 4.03. The number of hydrogen-bond donors (Lipinski definition) is 3. The molecule has 2 aromatic heterocycles. The minimum absolute atomic E-state index is 0.0925. The van der Waals surface area contributed by atoms with Crippen molar-refractivity contribution in [1.82, 2.24) is 25.1 Å². The van der Waals surface area contributed by atoms with E-state index in [1.54, 1.807) is 18.6 Å². The molecule has 2 unspecified atom stereocenters. The minimum Gasteiger partial charge on any atom is -0.507 e. The van der Waals surface area contributed by atoms with Gasteiger partial charge in [0.2, 0.25) is 0 Å². The van der Waals surface area contributed by atoms with Crippen molar-refractivity contribution in [3.8, 4) is 22.7 Å². The lowest BCUT2D eigenvalue weighted by Gasteiger charge is -2.42. The van der Waals surface area contributed by atoms with Gasteiger partial charge in [-0.15, -0.1) is 10.2 Å². The van der Waals surface area contributed by atoms with Crippen molar-refractivity contribution in [2.45, 2.75) is 37.8 Å². The zero-order valence-corrected chi connectivity index (χ0v) is 17.2. The van der Waals surface area contributed by atoms with Crippen LogP contribution >= 0.6 is 0 Å². The van der Waals surface area contributed by atoms with Crippen molar-refractivity contribution in [1.29, 1.82) is 0 Å². The molecule has 0 spiro atoms. The molecule has 3 N–H and O–H groups in total. The van der Waals surface area contributed by atoms with Gasteiger partial charge >= 0.3 is 0 Å². The Bertz CT molecular complexity index is 1060. The summed E-state index contributed by atoms with van der Waals surface area (Å²) >= 11 is 0. The first-order chi connectivity index (χ1) is 14.4. The zero-order chi connectivity index (χ0) is 20.8. The van der Waals surface area contributed by atoms with Crippen LogP contribution in [0.15, 0.2) is 61.2 Å². The van der Waals surface area contributed by atoms with E-state index in [1.807, 2.05) is 35.0 Å². The second-order valence-electron chi connectivity index (χ2n) is 8.92. The number of nitrogens with zero attached hydrogens (tertiary/aromatic N) is 4. The molecule has 4 heterocycles. The largest absolute Gasteiger partial charge is 0.507 e. The molecular weight excluding hydrogens is 376 g/mol. The zero-order valence-electron chi connectivity index (χ0n) is 17.2. The van der Waals surface area contributed by atoms with Gasteiger partial charge in [0.1, 0.15) is 11.6 Å². The van der Waals surface area contributed by atoms with Gasteiger partial charge in [-0.25, -0.2) is 4.98 Å². The number of nitrogens with one attached hydrogen (secondary N) is 2. The van der Waals surface area contributed by atoms with Crippen molar-refractivity contribution < 1.29 is 5.11 Å². The highest BCUT2D eigenvalue weighted by Gasteiger charge is 2.44. The third-order valence-electron chi connectivity index (χ3n) is 6.11. The monoisotopic (exact) mass is 402 g/mol. The van der Waals surface area contributed by atoms with Crippen molar-refractivity contribution in [2.24, 2.45) is 5.92 Å². The molecular formula is C23H26N6O. The van der Waals surface area contributed by atoms with E-state index in [4.69, 9.17) is 0 Å². The van der Waals surface area contributed by atoms with E-state index < -0.39 is 0 Å². The smallest absolute Gasteiger partial charge is 0.148 e. The van der Waals surface area contributed by atoms with Crippen molar-refractivity contribution in [3.63, 3.8) is 0 Å². The minimum atomic E-state index is 0.0925. The van der Waals surface area contributed by atoms with Gasteiger partial charge in [-0.05, 0) is 56.9 Å². The molecule has 1 fully saturated rings. The Kier molecular flexibility index (Phi) is 4.36. The average molecular weight is 403 g/mol. The summed E-state index contributed by atoms with van der Waals surface area (Å²) in [6.45, 7) is 5.40. The number of anilines is 1. The van der Waals surface area contributed by atoms with Gasteiger partial charge in [0, 0.05) is 41.6 Å². The van der Waals surface area contributed by atoms with Crippen molar-refractivity contribution in [2.75, 3.05) is 11.9 Å². The summed E-state index contributed by atoms with van der Waals surface area (Å²) in [5.74, 6) is 1.48. The maximum Gasteiger partial charge on any atom is 0.148 e. The molecule has 154 valence electrons. The first kappa shape index (κ1) is 18.8. The fourth-order valence-corrected chi connectivity index (χ4v) is 4.89. The lowest BCUT2D eigenvalue weighted by atomic mass is 9.79. The molecule has 3 aromatic rings. The highest BCUT2D eigenvalue weighted by Crippen LogP contribution is 2.39. The summed E-state index contributed by atoms with van der Waals surface area (Å²) < 4.78 is 1.84. The average Bonchev–Trinajstić information content (AvgIpc) is 3.33. The molecule has 2 aliphatic rings. The highest BCUT2D eigenvalue weighted by atomic mass is 16.3. The Hall–Kier alpha value is -3.19. The van der Waals surface area contributed by atoms with Crippen LogP contribution < -0.4 is 10.6 Å². The van der Waals surface area contributed by atoms with E-state index in [2.05, 4.69) is 51.8 Å². The normalized spacial score (nSPS) is 27.3. The second-order valence-corrected chi connectivity index (χ2v) is 8.92. The van der Waals surface area contributed by atoms with Gasteiger partial charge in [0.25, 0.3) is 0 Å². The maximum atomic E-state index is 10.5. The SMILES string of the molecule is CC12C=CC(C)(CC(CNc3ccc(-c4ccc(-n5ccnc5)cc4O)nn3)C1)N2. The van der Waals surface area contributed by atoms with E-state index in [0.717, 1.165) is 30.9 Å². The number of aromatic hydroxyl groups is 1. The van der Waals surface area contributed by atoms with E-state index in [9.17, 15) is 5.11 Å². The molecule has 2 bridgehead atoms. The molecule has 2 atom stereocenters. The van der Waals surface area contributed by atoms with Crippen LogP contribution in [0.4, 0.5) is 5.82 Å². The Morgan fingerprint density at radius 1 is 1.13 bits per heavy atom. The number of rotatable bonds is 5. The third-order valence-corrected chi connectivity index (χ3v) is 6.11. The fraction of sp³-hybridized carbons (Fsp3) is 0.348. The number of imidazole rings is 1. The van der Waals surface area contributed by atoms with Gasteiger partial charge in [0.15, 0.2) is 0 Å². The van der Waals surface area contributed by atoms with Crippen LogP contribution in [-0.2, 0) is 0 Å². The molecule has 0 saturated carbocycles. The van der Waals surface area contributed by atoms with Crippen LogP contribution in [0.3, 0.4) is 0 Å². The standard InChI is InChI=1S/C23H26N6O/c1-22-7-8-23(2,28-22)13-16(12-22)14-25-21-6-5-19(26-27-21)18-4-3-17(11-20(18)30)29-10-9-24-15-29/h3-11,15-16,28,30H,12-14H2,1-2H3,(H,25,27). The van der Waals surface area contributed by atoms with Gasteiger partial charge < -0.3 is 15.0 Å². The van der Waals surface area contributed by atoms with Crippen LogP contribution in [0.25, 0.3) is 16.9 Å². The Labute approximate surface area is 175 Å². The lowest BCUT2D eigenvalue weighted by molar-refractivity contribution is 0.195. The predicted molar refractivity (Wildman–Crippen MR) is 117 cm³/mol. The van der Waals surface area contributed by atoms with Crippen molar-refractivity contribution >= 4 is 5.82 Å². The third kappa shape index (κ3) is 3.57. The van der Waals surface area contributed by atoms with Crippen LogP contribution in [0.2, 0.25) is 0 Å². The molecule has 1 saturated heterocycles. The summed E-state index contributed by atoms with van der Waals surface area (Å²) in [6.07, 6.45) is 12.1. The molecule has 7 heteroatoms. The Morgan fingerprint density at radius 2 is 1.93 bits per heavy atom. The topological polar surface area (TPSA) is 87.9 Å². The highest BCUT2D eigenvalue weighted by molar-refractivity contribution is 5.68. The lowest BCUT2D eigenvalue weighted by Crippen LogP contribution is -2.55. The summed E-state index contributed by atoms with van der Waals surface area (Å²) in [6, 6.07) is 9.28. The number of aromatic nitrogens is 4. The van der Waals surface area contributed by atoms with Gasteiger partial charge in [-0.1, -0.05) is 12.2 Å². The molecule has 2 aliphatic heterocycles. The van der Waals surface area contributed by atoms with Gasteiger partial charge in [-0.3, -0.25) is 5.32 Å². The molecule has 1 aromatic carbocycles. The number of piperidine rings is 1.